The molecule has 3 heterocycles. The molecule has 1 saturated heterocycles. The first-order valence-corrected chi connectivity index (χ1v) is 7.20. The molecule has 2 aromatic rings. The minimum absolute atomic E-state index is 0.286. The van der Waals surface area contributed by atoms with Crippen LogP contribution in [0.25, 0.3) is 11.5 Å². The third-order valence-corrected chi connectivity index (χ3v) is 3.71. The summed E-state index contributed by atoms with van der Waals surface area (Å²) in [5.74, 6) is 1.48. The Balaban J connectivity index is 1.68. The molecule has 112 valence electrons. The lowest BCUT2D eigenvalue weighted by molar-refractivity contribution is 0.122. The van der Waals surface area contributed by atoms with Crippen LogP contribution in [-0.2, 0) is 4.74 Å². The summed E-state index contributed by atoms with van der Waals surface area (Å²) in [5, 5.41) is 11.9. The molecule has 0 radical (unpaired) electrons. The monoisotopic (exact) mass is 289 g/mol. The Labute approximate surface area is 123 Å². The molecule has 3 rings (SSSR count). The molecule has 0 aromatic carbocycles. The smallest absolute Gasteiger partial charge is 0.231 e. The predicted octanol–water partition coefficient (Wildman–Crippen LogP) is 1.35. The van der Waals surface area contributed by atoms with E-state index in [4.69, 9.17) is 9.26 Å². The Morgan fingerprint density at radius 2 is 2.43 bits per heavy atom. The molecule has 0 N–H and O–H groups in total. The number of hydrogen-bond acceptors (Lipinski definition) is 7. The molecule has 21 heavy (non-hydrogen) atoms. The summed E-state index contributed by atoms with van der Waals surface area (Å²) in [7, 11) is 1.73. The molecule has 0 bridgehead atoms. The zero-order valence-corrected chi connectivity index (χ0v) is 12.1. The van der Waals surface area contributed by atoms with Gasteiger partial charge in [-0.1, -0.05) is 5.16 Å². The summed E-state index contributed by atoms with van der Waals surface area (Å²) in [6, 6.07) is 3.64. The van der Waals surface area contributed by atoms with E-state index in [1.54, 1.807) is 13.3 Å². The molecule has 1 aliphatic rings. The number of nitrogens with zero attached hydrogens (tertiary/aromatic N) is 5. The van der Waals surface area contributed by atoms with Gasteiger partial charge in [0.2, 0.25) is 11.7 Å². The highest BCUT2D eigenvalue weighted by atomic mass is 16.5. The number of aromatic nitrogens is 4. The van der Waals surface area contributed by atoms with Gasteiger partial charge in [-0.15, -0.1) is 5.10 Å². The fourth-order valence-electron chi connectivity index (χ4n) is 2.61. The third-order valence-electron chi connectivity index (χ3n) is 3.71. The summed E-state index contributed by atoms with van der Waals surface area (Å²) in [4.78, 5) is 6.86. The lowest BCUT2D eigenvalue weighted by atomic mass is 9.98. The molecule has 7 heteroatoms. The van der Waals surface area contributed by atoms with Crippen molar-refractivity contribution in [3.63, 3.8) is 0 Å². The number of ether oxygens (including phenoxy) is 1. The Bertz CT molecular complexity index is 560. The van der Waals surface area contributed by atoms with Gasteiger partial charge in [-0.25, -0.2) is 0 Å². The molecule has 0 amide bonds. The molecular weight excluding hydrogens is 270 g/mol. The van der Waals surface area contributed by atoms with Crippen molar-refractivity contribution < 1.29 is 9.26 Å². The van der Waals surface area contributed by atoms with Gasteiger partial charge in [0, 0.05) is 26.4 Å². The zero-order chi connectivity index (χ0) is 14.5. The molecule has 1 fully saturated rings. The Hall–Kier alpha value is -1.86. The molecule has 2 aromatic heterocycles. The molecular formula is C14H19N5O2. The first-order valence-electron chi connectivity index (χ1n) is 7.20. The summed E-state index contributed by atoms with van der Waals surface area (Å²) in [5.41, 5.74) is 0.638. The van der Waals surface area contributed by atoms with Gasteiger partial charge in [0.25, 0.3) is 0 Å². The van der Waals surface area contributed by atoms with Crippen LogP contribution in [0.1, 0.15) is 24.7 Å². The van der Waals surface area contributed by atoms with Crippen molar-refractivity contribution in [3.8, 4) is 11.5 Å². The Kier molecular flexibility index (Phi) is 4.52. The van der Waals surface area contributed by atoms with E-state index >= 15 is 0 Å². The first-order chi connectivity index (χ1) is 10.4. The lowest BCUT2D eigenvalue weighted by Gasteiger charge is -2.30. The normalized spacial score (nSPS) is 19.8. The number of likely N-dealkylation sites (tertiary alicyclic amines) is 1. The van der Waals surface area contributed by atoms with Gasteiger partial charge in [-0.3, -0.25) is 0 Å². The first kappa shape index (κ1) is 14.1. The second-order valence-corrected chi connectivity index (χ2v) is 5.20. The zero-order valence-electron chi connectivity index (χ0n) is 12.1. The molecule has 1 aliphatic heterocycles. The molecule has 0 spiro atoms. The van der Waals surface area contributed by atoms with Crippen LogP contribution in [0.5, 0.6) is 0 Å². The Morgan fingerprint density at radius 1 is 1.48 bits per heavy atom. The molecule has 0 saturated carbocycles. The number of rotatable bonds is 5. The van der Waals surface area contributed by atoms with E-state index in [1.807, 2.05) is 12.1 Å². The molecule has 7 nitrogen and oxygen atoms in total. The van der Waals surface area contributed by atoms with Crippen LogP contribution >= 0.6 is 0 Å². The average molecular weight is 289 g/mol. The van der Waals surface area contributed by atoms with E-state index in [9.17, 15) is 0 Å². The van der Waals surface area contributed by atoms with Gasteiger partial charge < -0.3 is 14.2 Å². The van der Waals surface area contributed by atoms with Crippen LogP contribution in [0.15, 0.2) is 22.9 Å². The van der Waals surface area contributed by atoms with E-state index in [0.717, 1.165) is 39.1 Å². The quantitative estimate of drug-likeness (QED) is 0.822. The van der Waals surface area contributed by atoms with Crippen molar-refractivity contribution in [2.45, 2.75) is 18.8 Å². The number of methoxy groups -OCH3 is 1. The number of hydrogen-bond donors (Lipinski definition) is 0. The standard InChI is InChI=1S/C14H19N5O2/c1-20-9-8-19-7-3-4-11(10-19)14-16-13(18-21-14)12-5-2-6-15-17-12/h2,5-6,11H,3-4,7-10H2,1H3/t11-/m0/s1. The predicted molar refractivity (Wildman–Crippen MR) is 75.6 cm³/mol. The fraction of sp³-hybridized carbons (Fsp3) is 0.571. The molecule has 0 aliphatic carbocycles. The maximum Gasteiger partial charge on any atom is 0.231 e. The van der Waals surface area contributed by atoms with Crippen LogP contribution in [0.2, 0.25) is 0 Å². The highest BCUT2D eigenvalue weighted by Crippen LogP contribution is 2.26. The van der Waals surface area contributed by atoms with Gasteiger partial charge in [-0.05, 0) is 31.5 Å². The molecule has 0 unspecified atom stereocenters. The minimum atomic E-state index is 0.286. The van der Waals surface area contributed by atoms with Gasteiger partial charge in [-0.2, -0.15) is 10.1 Å². The highest BCUT2D eigenvalue weighted by molar-refractivity contribution is 5.46. The second kappa shape index (κ2) is 6.73. The summed E-state index contributed by atoms with van der Waals surface area (Å²) in [6.45, 7) is 3.73. The largest absolute Gasteiger partial charge is 0.383 e. The SMILES string of the molecule is COCCN1CCC[C@H](c2nc(-c3cccnn3)no2)C1. The van der Waals surface area contributed by atoms with Crippen LogP contribution < -0.4 is 0 Å². The lowest BCUT2D eigenvalue weighted by Crippen LogP contribution is -2.36. The van der Waals surface area contributed by atoms with E-state index in [1.165, 1.54) is 0 Å². The molecule has 1 atom stereocenters. The van der Waals surface area contributed by atoms with Crippen LogP contribution in [0.3, 0.4) is 0 Å². The van der Waals surface area contributed by atoms with Gasteiger partial charge in [0.1, 0.15) is 5.69 Å². The van der Waals surface area contributed by atoms with E-state index in [0.29, 0.717) is 17.4 Å². The van der Waals surface area contributed by atoms with Gasteiger partial charge in [0.15, 0.2) is 0 Å². The highest BCUT2D eigenvalue weighted by Gasteiger charge is 2.26. The van der Waals surface area contributed by atoms with Crippen molar-refractivity contribution in [2.24, 2.45) is 0 Å². The maximum absolute atomic E-state index is 5.42. The maximum atomic E-state index is 5.42. The van der Waals surface area contributed by atoms with Gasteiger partial charge in [0.05, 0.1) is 12.5 Å². The van der Waals surface area contributed by atoms with Crippen LogP contribution in [-0.4, -0.2) is 58.6 Å². The summed E-state index contributed by atoms with van der Waals surface area (Å²) in [6.07, 6.45) is 3.84. The minimum Gasteiger partial charge on any atom is -0.383 e. The third kappa shape index (κ3) is 3.43. The average Bonchev–Trinajstić information content (AvgIpc) is 3.04. The number of piperidine rings is 1. The van der Waals surface area contributed by atoms with Crippen LogP contribution in [0.4, 0.5) is 0 Å². The topological polar surface area (TPSA) is 77.2 Å². The van der Waals surface area contributed by atoms with E-state index < -0.39 is 0 Å². The van der Waals surface area contributed by atoms with Crippen molar-refractivity contribution in [2.75, 3.05) is 33.4 Å². The Morgan fingerprint density at radius 3 is 3.24 bits per heavy atom. The van der Waals surface area contributed by atoms with Crippen molar-refractivity contribution in [1.82, 2.24) is 25.2 Å². The van der Waals surface area contributed by atoms with Crippen molar-refractivity contribution >= 4 is 0 Å². The summed E-state index contributed by atoms with van der Waals surface area (Å²) >= 11 is 0. The van der Waals surface area contributed by atoms with Crippen molar-refractivity contribution in [3.05, 3.63) is 24.2 Å². The fourth-order valence-corrected chi connectivity index (χ4v) is 2.61. The summed E-state index contributed by atoms with van der Waals surface area (Å²) < 4.78 is 10.6. The van der Waals surface area contributed by atoms with Gasteiger partial charge >= 0.3 is 0 Å². The van der Waals surface area contributed by atoms with E-state index in [2.05, 4.69) is 25.2 Å². The second-order valence-electron chi connectivity index (χ2n) is 5.20. The van der Waals surface area contributed by atoms with Crippen LogP contribution in [0, 0.1) is 0 Å². The van der Waals surface area contributed by atoms with Crippen molar-refractivity contribution in [1.29, 1.82) is 0 Å². The van der Waals surface area contributed by atoms with E-state index in [-0.39, 0.29) is 5.92 Å².